The molecule has 21 heavy (non-hydrogen) atoms. The van der Waals surface area contributed by atoms with Crippen molar-refractivity contribution in [1.82, 2.24) is 21.6 Å². The third-order valence-electron chi connectivity index (χ3n) is 1.59. The summed E-state index contributed by atoms with van der Waals surface area (Å²) in [7, 11) is 1.19. The van der Waals surface area contributed by atoms with E-state index in [9.17, 15) is 9.59 Å². The summed E-state index contributed by atoms with van der Waals surface area (Å²) in [6.45, 7) is 1.16. The number of nitrogens with one attached hydrogen (secondary N) is 5. The van der Waals surface area contributed by atoms with Gasteiger partial charge in [-0.05, 0) is 6.92 Å². The van der Waals surface area contributed by atoms with Crippen LogP contribution in [0.15, 0.2) is 0 Å². The molecule has 12 nitrogen and oxygen atoms in total. The van der Waals surface area contributed by atoms with Crippen LogP contribution in [-0.2, 0) is 28.8 Å². The van der Waals surface area contributed by atoms with Crippen LogP contribution in [0.2, 0.25) is 0 Å². The fourth-order valence-corrected chi connectivity index (χ4v) is 0.818. The molecule has 0 saturated carbocycles. The van der Waals surface area contributed by atoms with Crippen molar-refractivity contribution in [1.29, 1.82) is 10.8 Å². The van der Waals surface area contributed by atoms with Gasteiger partial charge >= 0.3 is 5.97 Å². The zero-order valence-corrected chi connectivity index (χ0v) is 11.6. The molecule has 0 aromatic rings. The SMILES string of the molecule is CCON(NC(=N)NOCC(=O)OC)C(=N)NOCC=O. The molecule has 0 rings (SSSR count). The summed E-state index contributed by atoms with van der Waals surface area (Å²) >= 11 is 0. The largest absolute Gasteiger partial charge is 0.467 e. The van der Waals surface area contributed by atoms with Crippen LogP contribution in [-0.4, -0.2) is 56.3 Å². The van der Waals surface area contributed by atoms with Crippen LogP contribution >= 0.6 is 0 Å². The molecule has 0 aliphatic carbocycles. The molecule has 0 radical (unpaired) electrons. The minimum absolute atomic E-state index is 0.182. The third kappa shape index (κ3) is 9.15. The van der Waals surface area contributed by atoms with Crippen LogP contribution in [0.4, 0.5) is 0 Å². The highest BCUT2D eigenvalue weighted by molar-refractivity contribution is 5.81. The van der Waals surface area contributed by atoms with Gasteiger partial charge in [0, 0.05) is 0 Å². The molecule has 12 heteroatoms. The molecule has 0 unspecified atom stereocenters. The number of carbonyl (C=O) groups is 2. The highest BCUT2D eigenvalue weighted by atomic mass is 16.7. The van der Waals surface area contributed by atoms with Gasteiger partial charge in [-0.15, -0.1) is 5.17 Å². The topological polar surface area (TPSA) is 158 Å². The standard InChI is InChI=1S/C9H18N6O6/c1-3-21-15(9(11)14-19-5-4-16)12-8(10)13-20-6-7(17)18-2/h4H,3,5-6H2,1-2H3,(H2,11,14)(H3,10,12,13). The van der Waals surface area contributed by atoms with Crippen molar-refractivity contribution in [2.24, 2.45) is 0 Å². The Kier molecular flexibility index (Phi) is 10.1. The molecule has 0 aliphatic rings. The van der Waals surface area contributed by atoms with E-state index in [4.69, 9.17) is 15.7 Å². The maximum atomic E-state index is 10.8. The third-order valence-corrected chi connectivity index (χ3v) is 1.59. The molecule has 0 amide bonds. The van der Waals surface area contributed by atoms with Gasteiger partial charge in [-0.3, -0.25) is 25.3 Å². The minimum atomic E-state index is -0.631. The summed E-state index contributed by atoms with van der Waals surface area (Å²) in [4.78, 5) is 35.1. The smallest absolute Gasteiger partial charge is 0.334 e. The van der Waals surface area contributed by atoms with Crippen molar-refractivity contribution in [3.8, 4) is 0 Å². The van der Waals surface area contributed by atoms with E-state index in [1.165, 1.54) is 7.11 Å². The molecular weight excluding hydrogens is 288 g/mol. The van der Waals surface area contributed by atoms with E-state index in [0.717, 1.165) is 5.17 Å². The lowest BCUT2D eigenvalue weighted by Gasteiger charge is -2.24. The van der Waals surface area contributed by atoms with E-state index in [1.807, 2.05) is 0 Å². The molecule has 5 N–H and O–H groups in total. The average Bonchev–Trinajstić information content (AvgIpc) is 2.46. The van der Waals surface area contributed by atoms with Crippen LogP contribution < -0.4 is 16.4 Å². The van der Waals surface area contributed by atoms with Crippen LogP contribution in [0.3, 0.4) is 0 Å². The Hall–Kier alpha value is -2.44. The molecule has 0 fully saturated rings. The molecule has 0 bridgehead atoms. The van der Waals surface area contributed by atoms with Crippen molar-refractivity contribution in [2.45, 2.75) is 6.92 Å². The van der Waals surface area contributed by atoms with Gasteiger partial charge < -0.3 is 9.53 Å². The van der Waals surface area contributed by atoms with E-state index in [1.54, 1.807) is 6.92 Å². The van der Waals surface area contributed by atoms with Crippen LogP contribution in [0, 0.1) is 10.8 Å². The second-order valence-corrected chi connectivity index (χ2v) is 3.09. The van der Waals surface area contributed by atoms with E-state index in [2.05, 4.69) is 30.8 Å². The highest BCUT2D eigenvalue weighted by Crippen LogP contribution is 1.86. The molecule has 0 atom stereocenters. The highest BCUT2D eigenvalue weighted by Gasteiger charge is 2.12. The summed E-state index contributed by atoms with van der Waals surface area (Å²) in [5.41, 5.74) is 6.48. The first-order valence-corrected chi connectivity index (χ1v) is 5.68. The second-order valence-electron chi connectivity index (χ2n) is 3.09. The first-order chi connectivity index (χ1) is 10.0. The number of hydroxylamine groups is 3. The fraction of sp³-hybridized carbons (Fsp3) is 0.556. The van der Waals surface area contributed by atoms with Gasteiger partial charge in [-0.25, -0.2) is 21.2 Å². The number of nitrogens with zero attached hydrogens (tertiary/aromatic N) is 1. The molecule has 0 heterocycles. The zero-order valence-electron chi connectivity index (χ0n) is 11.6. The number of methoxy groups -OCH3 is 1. The van der Waals surface area contributed by atoms with Gasteiger partial charge in [0.2, 0.25) is 5.96 Å². The molecular formula is C9H18N6O6. The number of guanidine groups is 2. The number of rotatable bonds is 8. The Morgan fingerprint density at radius 2 is 2.00 bits per heavy atom. The molecule has 0 aromatic heterocycles. The number of aldehydes is 1. The van der Waals surface area contributed by atoms with E-state index in [0.29, 0.717) is 6.29 Å². The minimum Gasteiger partial charge on any atom is -0.467 e. The van der Waals surface area contributed by atoms with Crippen LogP contribution in [0.25, 0.3) is 0 Å². The van der Waals surface area contributed by atoms with Crippen LogP contribution in [0.1, 0.15) is 6.92 Å². The van der Waals surface area contributed by atoms with Crippen molar-refractivity contribution >= 4 is 24.2 Å². The average molecular weight is 306 g/mol. The summed E-state index contributed by atoms with van der Waals surface area (Å²) in [5, 5.41) is 15.8. The normalized spacial score (nSPS) is 9.43. The second kappa shape index (κ2) is 11.4. The van der Waals surface area contributed by atoms with Crippen molar-refractivity contribution in [3.05, 3.63) is 0 Å². The monoisotopic (exact) mass is 306 g/mol. The Morgan fingerprint density at radius 3 is 2.57 bits per heavy atom. The maximum absolute atomic E-state index is 10.8. The Labute approximate surface area is 120 Å². The lowest BCUT2D eigenvalue weighted by molar-refractivity contribution is -0.148. The van der Waals surface area contributed by atoms with Gasteiger partial charge in [0.05, 0.1) is 13.7 Å². The molecule has 0 aromatic carbocycles. The molecule has 120 valence electrons. The van der Waals surface area contributed by atoms with Crippen LogP contribution in [0.5, 0.6) is 0 Å². The van der Waals surface area contributed by atoms with E-state index < -0.39 is 24.5 Å². The quantitative estimate of drug-likeness (QED) is 0.0850. The number of hydrazine groups is 1. The summed E-state index contributed by atoms with van der Waals surface area (Å²) < 4.78 is 4.33. The van der Waals surface area contributed by atoms with E-state index >= 15 is 0 Å². The lowest BCUT2D eigenvalue weighted by Crippen LogP contribution is -2.54. The summed E-state index contributed by atoms with van der Waals surface area (Å²) in [5.74, 6) is -1.47. The van der Waals surface area contributed by atoms with Gasteiger partial charge in [0.15, 0.2) is 6.61 Å². The van der Waals surface area contributed by atoms with Gasteiger partial charge in [-0.2, -0.15) is 0 Å². The van der Waals surface area contributed by atoms with E-state index in [-0.39, 0.29) is 13.2 Å². The first kappa shape index (κ1) is 18.6. The molecule has 0 saturated heterocycles. The molecule has 0 aliphatic heterocycles. The first-order valence-electron chi connectivity index (χ1n) is 5.68. The number of hydrogen-bond acceptors (Lipinski definition) is 8. The van der Waals surface area contributed by atoms with Crippen molar-refractivity contribution in [3.63, 3.8) is 0 Å². The number of ether oxygens (including phenoxy) is 1. The predicted molar refractivity (Wildman–Crippen MR) is 68.3 cm³/mol. The van der Waals surface area contributed by atoms with Gasteiger partial charge in [0.1, 0.15) is 12.9 Å². The Balaban J connectivity index is 4.16. The zero-order chi connectivity index (χ0) is 16.1. The number of carbonyl (C=O) groups excluding carboxylic acids is 2. The lowest BCUT2D eigenvalue weighted by atomic mass is 10.7. The van der Waals surface area contributed by atoms with Crippen molar-refractivity contribution < 1.29 is 28.8 Å². The summed E-state index contributed by atoms with van der Waals surface area (Å²) in [6.07, 6.45) is 0.489. The maximum Gasteiger partial charge on any atom is 0.334 e. The van der Waals surface area contributed by atoms with Gasteiger partial charge in [-0.1, -0.05) is 0 Å². The van der Waals surface area contributed by atoms with Crippen molar-refractivity contribution in [2.75, 3.05) is 26.9 Å². The number of hydrogen-bond donors (Lipinski definition) is 5. The number of esters is 1. The predicted octanol–water partition coefficient (Wildman–Crippen LogP) is -1.97. The van der Waals surface area contributed by atoms with Gasteiger partial charge in [0.25, 0.3) is 5.96 Å². The fourth-order valence-electron chi connectivity index (χ4n) is 0.818. The Morgan fingerprint density at radius 1 is 1.29 bits per heavy atom. The molecule has 0 spiro atoms. The summed E-state index contributed by atoms with van der Waals surface area (Å²) in [6, 6.07) is 0. The Bertz CT molecular complexity index is 365.